The van der Waals surface area contributed by atoms with E-state index >= 15 is 0 Å². The molecule has 6 nitrogen and oxygen atoms in total. The van der Waals surface area contributed by atoms with E-state index in [1.165, 1.54) is 0 Å². The van der Waals surface area contributed by atoms with Gasteiger partial charge in [0, 0.05) is 19.6 Å². The summed E-state index contributed by atoms with van der Waals surface area (Å²) in [5.41, 5.74) is 0.943. The number of nitrogens with one attached hydrogen (secondary N) is 2. The van der Waals surface area contributed by atoms with Crippen molar-refractivity contribution in [1.29, 1.82) is 0 Å². The van der Waals surface area contributed by atoms with E-state index < -0.39 is 6.04 Å². The normalized spacial score (nSPS) is 16.3. The molecule has 1 aliphatic heterocycles. The lowest BCUT2D eigenvalue weighted by Crippen LogP contribution is -2.50. The maximum absolute atomic E-state index is 12.5. The van der Waals surface area contributed by atoms with Crippen molar-refractivity contribution < 1.29 is 14.3 Å². The molecule has 0 bridgehead atoms. The Labute approximate surface area is 156 Å². The molecular weight excluding hydrogens is 330 g/mol. The third-order valence-electron chi connectivity index (χ3n) is 4.53. The lowest BCUT2D eigenvalue weighted by molar-refractivity contribution is -0.129. The minimum atomic E-state index is -0.505. The van der Waals surface area contributed by atoms with Crippen LogP contribution in [0.3, 0.4) is 0 Å². The molecule has 1 atom stereocenters. The number of ether oxygens (including phenoxy) is 1. The standard InChI is InChI=1S/C20H31N3O3/c1-16(2)19(22-18(24)15-17-7-4-3-5-8-17)20(25)21-9-6-10-23-11-13-26-14-12-23/h3-5,7-8,16,19H,6,9-15H2,1-2H3,(H,21,25)(H,22,24). The summed E-state index contributed by atoms with van der Waals surface area (Å²) in [5, 5.41) is 5.84. The van der Waals surface area contributed by atoms with Gasteiger partial charge in [-0.2, -0.15) is 0 Å². The number of hydrogen-bond donors (Lipinski definition) is 2. The first-order valence-corrected chi connectivity index (χ1v) is 9.47. The van der Waals surface area contributed by atoms with Crippen LogP contribution in [0.25, 0.3) is 0 Å². The molecule has 2 rings (SSSR count). The third kappa shape index (κ3) is 7.14. The second-order valence-corrected chi connectivity index (χ2v) is 7.05. The zero-order valence-electron chi connectivity index (χ0n) is 15.9. The Morgan fingerprint density at radius 1 is 1.15 bits per heavy atom. The highest BCUT2D eigenvalue weighted by atomic mass is 16.5. The van der Waals surface area contributed by atoms with Gasteiger partial charge in [0.25, 0.3) is 0 Å². The van der Waals surface area contributed by atoms with Crippen molar-refractivity contribution in [2.24, 2.45) is 5.92 Å². The fourth-order valence-electron chi connectivity index (χ4n) is 2.99. The monoisotopic (exact) mass is 361 g/mol. The number of amides is 2. The number of hydrogen-bond acceptors (Lipinski definition) is 4. The van der Waals surface area contributed by atoms with Gasteiger partial charge in [-0.05, 0) is 24.4 Å². The van der Waals surface area contributed by atoms with Crippen molar-refractivity contribution >= 4 is 11.8 Å². The fraction of sp³-hybridized carbons (Fsp3) is 0.600. The molecule has 0 saturated carbocycles. The Morgan fingerprint density at radius 2 is 1.85 bits per heavy atom. The number of nitrogens with zero attached hydrogens (tertiary/aromatic N) is 1. The van der Waals surface area contributed by atoms with Crippen molar-refractivity contribution in [1.82, 2.24) is 15.5 Å². The van der Waals surface area contributed by atoms with E-state index in [2.05, 4.69) is 15.5 Å². The summed E-state index contributed by atoms with van der Waals surface area (Å²) in [6.07, 6.45) is 1.18. The molecule has 1 saturated heterocycles. The Morgan fingerprint density at radius 3 is 2.50 bits per heavy atom. The van der Waals surface area contributed by atoms with Crippen LogP contribution in [0, 0.1) is 5.92 Å². The summed E-state index contributed by atoms with van der Waals surface area (Å²) < 4.78 is 5.33. The molecule has 1 heterocycles. The largest absolute Gasteiger partial charge is 0.379 e. The van der Waals surface area contributed by atoms with Gasteiger partial charge in [-0.1, -0.05) is 44.2 Å². The van der Waals surface area contributed by atoms with E-state index in [4.69, 9.17) is 4.74 Å². The van der Waals surface area contributed by atoms with Crippen molar-refractivity contribution in [2.75, 3.05) is 39.4 Å². The maximum atomic E-state index is 12.5. The van der Waals surface area contributed by atoms with Crippen LogP contribution < -0.4 is 10.6 Å². The summed E-state index contributed by atoms with van der Waals surface area (Å²) in [4.78, 5) is 27.1. The Bertz CT molecular complexity index is 557. The molecule has 0 aromatic heterocycles. The predicted octanol–water partition coefficient (Wildman–Crippen LogP) is 1.21. The van der Waals surface area contributed by atoms with E-state index in [-0.39, 0.29) is 24.2 Å². The van der Waals surface area contributed by atoms with Gasteiger partial charge < -0.3 is 15.4 Å². The summed E-state index contributed by atoms with van der Waals surface area (Å²) in [6, 6.07) is 9.05. The quantitative estimate of drug-likeness (QED) is 0.649. The van der Waals surface area contributed by atoms with Gasteiger partial charge in [-0.15, -0.1) is 0 Å². The second kappa shape index (κ2) is 10.9. The molecule has 1 aliphatic rings. The molecule has 2 N–H and O–H groups in total. The van der Waals surface area contributed by atoms with Crippen molar-refractivity contribution in [3.05, 3.63) is 35.9 Å². The Balaban J connectivity index is 1.72. The van der Waals surface area contributed by atoms with E-state index in [9.17, 15) is 9.59 Å². The lowest BCUT2D eigenvalue weighted by atomic mass is 10.0. The first kappa shape index (κ1) is 20.4. The molecule has 0 spiro atoms. The van der Waals surface area contributed by atoms with E-state index in [0.717, 1.165) is 44.8 Å². The van der Waals surface area contributed by atoms with Crippen LogP contribution >= 0.6 is 0 Å². The molecule has 6 heteroatoms. The Hall–Kier alpha value is -1.92. The van der Waals surface area contributed by atoms with Gasteiger partial charge in [-0.25, -0.2) is 0 Å². The first-order chi connectivity index (χ1) is 12.6. The number of morpholine rings is 1. The highest BCUT2D eigenvalue weighted by molar-refractivity contribution is 5.88. The van der Waals surface area contributed by atoms with Crippen LogP contribution in [0.2, 0.25) is 0 Å². The molecule has 144 valence electrons. The molecule has 2 amide bonds. The highest BCUT2D eigenvalue weighted by Crippen LogP contribution is 2.05. The van der Waals surface area contributed by atoms with Gasteiger partial charge >= 0.3 is 0 Å². The molecule has 1 aromatic rings. The van der Waals surface area contributed by atoms with E-state index in [0.29, 0.717) is 6.54 Å². The SMILES string of the molecule is CC(C)C(NC(=O)Cc1ccccc1)C(=O)NCCCN1CCOCC1. The smallest absolute Gasteiger partial charge is 0.242 e. The molecule has 0 radical (unpaired) electrons. The van der Waals surface area contributed by atoms with Crippen molar-refractivity contribution in [2.45, 2.75) is 32.7 Å². The second-order valence-electron chi connectivity index (χ2n) is 7.05. The minimum Gasteiger partial charge on any atom is -0.379 e. The molecular formula is C20H31N3O3. The number of rotatable bonds is 9. The van der Waals surface area contributed by atoms with Crippen molar-refractivity contribution in [3.63, 3.8) is 0 Å². The summed E-state index contributed by atoms with van der Waals surface area (Å²) in [7, 11) is 0. The van der Waals surface area contributed by atoms with Gasteiger partial charge in [0.05, 0.1) is 19.6 Å². The first-order valence-electron chi connectivity index (χ1n) is 9.47. The van der Waals surface area contributed by atoms with Gasteiger partial charge in [0.1, 0.15) is 6.04 Å². The predicted molar refractivity (Wildman–Crippen MR) is 102 cm³/mol. The topological polar surface area (TPSA) is 70.7 Å². The minimum absolute atomic E-state index is 0.0361. The molecule has 0 aliphatic carbocycles. The van der Waals surface area contributed by atoms with Gasteiger partial charge in [-0.3, -0.25) is 14.5 Å². The van der Waals surface area contributed by atoms with Crippen LogP contribution in [0.5, 0.6) is 0 Å². The average Bonchev–Trinajstić information content (AvgIpc) is 2.64. The lowest BCUT2D eigenvalue weighted by Gasteiger charge is -2.26. The zero-order chi connectivity index (χ0) is 18.8. The van der Waals surface area contributed by atoms with Gasteiger partial charge in [0.15, 0.2) is 0 Å². The molecule has 26 heavy (non-hydrogen) atoms. The average molecular weight is 361 g/mol. The van der Waals surface area contributed by atoms with Crippen LogP contribution in [-0.4, -0.2) is 62.1 Å². The number of carbonyl (C=O) groups is 2. The molecule has 1 unspecified atom stereocenters. The van der Waals surface area contributed by atoms with Crippen LogP contribution in [0.4, 0.5) is 0 Å². The molecule has 1 aromatic carbocycles. The maximum Gasteiger partial charge on any atom is 0.242 e. The highest BCUT2D eigenvalue weighted by Gasteiger charge is 2.23. The van der Waals surface area contributed by atoms with Crippen molar-refractivity contribution in [3.8, 4) is 0 Å². The van der Waals surface area contributed by atoms with Crippen LogP contribution in [-0.2, 0) is 20.7 Å². The summed E-state index contributed by atoms with van der Waals surface area (Å²) in [5.74, 6) is -0.198. The van der Waals surface area contributed by atoms with Crippen LogP contribution in [0.1, 0.15) is 25.8 Å². The fourth-order valence-corrected chi connectivity index (χ4v) is 2.99. The van der Waals surface area contributed by atoms with E-state index in [1.54, 1.807) is 0 Å². The zero-order valence-corrected chi connectivity index (χ0v) is 15.9. The Kier molecular flexibility index (Phi) is 8.58. The summed E-state index contributed by atoms with van der Waals surface area (Å²) >= 11 is 0. The van der Waals surface area contributed by atoms with E-state index in [1.807, 2.05) is 44.2 Å². The van der Waals surface area contributed by atoms with Crippen LogP contribution in [0.15, 0.2) is 30.3 Å². The summed E-state index contributed by atoms with van der Waals surface area (Å²) in [6.45, 7) is 8.95. The molecule has 1 fully saturated rings. The third-order valence-corrected chi connectivity index (χ3v) is 4.53. The number of carbonyl (C=O) groups excluding carboxylic acids is 2. The number of benzene rings is 1. The van der Waals surface area contributed by atoms with Gasteiger partial charge in [0.2, 0.25) is 11.8 Å².